The van der Waals surface area contributed by atoms with Crippen molar-refractivity contribution in [3.8, 4) is 5.75 Å². The van der Waals surface area contributed by atoms with Crippen molar-refractivity contribution in [3.05, 3.63) is 64.2 Å². The molecule has 1 heterocycles. The van der Waals surface area contributed by atoms with Gasteiger partial charge in [-0.25, -0.2) is 0 Å². The number of carboxylic acids is 1. The largest absolute Gasteiger partial charge is 0.488 e. The summed E-state index contributed by atoms with van der Waals surface area (Å²) in [5.41, 5.74) is 3.51. The average Bonchev–Trinajstić information content (AvgIpc) is 2.67. The van der Waals surface area contributed by atoms with Gasteiger partial charge in [-0.05, 0) is 23.6 Å². The molecule has 0 amide bonds. The van der Waals surface area contributed by atoms with Gasteiger partial charge >= 0.3 is 5.97 Å². The number of ether oxygens (including phenoxy) is 1. The molecule has 0 unspecified atom stereocenters. The summed E-state index contributed by atoms with van der Waals surface area (Å²) in [4.78, 5) is 24.2. The number of fused-ring (bicyclic) bond motifs is 2. The molecule has 2 aromatic rings. The Kier molecular flexibility index (Phi) is 4.15. The quantitative estimate of drug-likeness (QED) is 0.940. The maximum absolute atomic E-state index is 13.0. The van der Waals surface area contributed by atoms with Gasteiger partial charge in [-0.2, -0.15) is 0 Å². The third kappa shape index (κ3) is 2.84. The van der Waals surface area contributed by atoms with Gasteiger partial charge < -0.3 is 9.84 Å². The zero-order valence-corrected chi connectivity index (χ0v) is 13.0. The van der Waals surface area contributed by atoms with Gasteiger partial charge in [-0.15, -0.1) is 0 Å². The maximum Gasteiger partial charge on any atom is 0.307 e. The highest BCUT2D eigenvalue weighted by Gasteiger charge is 2.26. The number of benzene rings is 2. The Balaban J connectivity index is 2.19. The Hall–Kier alpha value is -2.62. The zero-order chi connectivity index (χ0) is 16.4. The summed E-state index contributed by atoms with van der Waals surface area (Å²) in [5.74, 6) is -0.433. The lowest BCUT2D eigenvalue weighted by Gasteiger charge is -2.15. The SMILES string of the molecule is CCCc1c(CC(=O)O)ccc2c1C(=O)c1ccccc1CO2. The van der Waals surface area contributed by atoms with E-state index in [1.807, 2.05) is 25.1 Å². The molecule has 0 aliphatic carbocycles. The second kappa shape index (κ2) is 6.24. The number of ketones is 1. The van der Waals surface area contributed by atoms with Crippen LogP contribution >= 0.6 is 0 Å². The van der Waals surface area contributed by atoms with Crippen molar-refractivity contribution < 1.29 is 19.4 Å². The summed E-state index contributed by atoms with van der Waals surface area (Å²) in [6.07, 6.45) is 1.40. The fourth-order valence-electron chi connectivity index (χ4n) is 3.06. The summed E-state index contributed by atoms with van der Waals surface area (Å²) < 4.78 is 5.82. The molecule has 1 aliphatic heterocycles. The van der Waals surface area contributed by atoms with Crippen LogP contribution in [0, 0.1) is 0 Å². The van der Waals surface area contributed by atoms with E-state index in [-0.39, 0.29) is 12.2 Å². The Bertz CT molecular complexity index is 777. The minimum absolute atomic E-state index is 0.0798. The summed E-state index contributed by atoms with van der Waals surface area (Å²) >= 11 is 0. The minimum atomic E-state index is -0.898. The van der Waals surface area contributed by atoms with Gasteiger partial charge in [0.05, 0.1) is 12.0 Å². The van der Waals surface area contributed by atoms with E-state index in [9.17, 15) is 9.59 Å². The molecule has 0 radical (unpaired) electrons. The minimum Gasteiger partial charge on any atom is -0.488 e. The number of carboxylic acid groups (broad SMARTS) is 1. The molecule has 3 rings (SSSR count). The van der Waals surface area contributed by atoms with E-state index in [1.54, 1.807) is 18.2 Å². The lowest BCUT2D eigenvalue weighted by Crippen LogP contribution is -2.11. The highest BCUT2D eigenvalue weighted by Crippen LogP contribution is 2.33. The Morgan fingerprint density at radius 2 is 2.00 bits per heavy atom. The molecule has 2 aromatic carbocycles. The van der Waals surface area contributed by atoms with E-state index in [1.165, 1.54) is 0 Å². The molecule has 0 saturated heterocycles. The average molecular weight is 310 g/mol. The second-order valence-electron chi connectivity index (χ2n) is 5.67. The smallest absolute Gasteiger partial charge is 0.307 e. The lowest BCUT2D eigenvalue weighted by molar-refractivity contribution is -0.136. The standard InChI is InChI=1S/C19H18O4/c1-2-5-14-12(10-17(20)21)8-9-16-18(14)19(22)15-7-4-3-6-13(15)11-23-16/h3-4,6-9H,2,5,10-11H2,1H3,(H,20,21). The first kappa shape index (κ1) is 15.3. The summed E-state index contributed by atoms with van der Waals surface area (Å²) in [6, 6.07) is 10.9. The van der Waals surface area contributed by atoms with E-state index in [4.69, 9.17) is 9.84 Å². The van der Waals surface area contributed by atoms with Crippen LogP contribution in [0.25, 0.3) is 0 Å². The summed E-state index contributed by atoms with van der Waals surface area (Å²) in [6.45, 7) is 2.36. The Labute approximate surface area is 134 Å². The van der Waals surface area contributed by atoms with Crippen molar-refractivity contribution in [1.82, 2.24) is 0 Å². The zero-order valence-electron chi connectivity index (χ0n) is 13.0. The van der Waals surface area contributed by atoms with Crippen molar-refractivity contribution in [3.63, 3.8) is 0 Å². The van der Waals surface area contributed by atoms with E-state index in [2.05, 4.69) is 0 Å². The summed E-state index contributed by atoms with van der Waals surface area (Å²) in [5, 5.41) is 9.13. The summed E-state index contributed by atoms with van der Waals surface area (Å²) in [7, 11) is 0. The van der Waals surface area contributed by atoms with Gasteiger partial charge in [0.15, 0.2) is 5.78 Å². The van der Waals surface area contributed by atoms with Crippen LogP contribution in [-0.2, 0) is 24.2 Å². The van der Waals surface area contributed by atoms with E-state index in [0.717, 1.165) is 17.5 Å². The highest BCUT2D eigenvalue weighted by molar-refractivity contribution is 6.13. The van der Waals surface area contributed by atoms with E-state index >= 15 is 0 Å². The number of hydrogen-bond donors (Lipinski definition) is 1. The molecule has 0 fully saturated rings. The molecule has 0 aromatic heterocycles. The van der Waals surface area contributed by atoms with Crippen LogP contribution in [0.2, 0.25) is 0 Å². The van der Waals surface area contributed by atoms with Crippen LogP contribution in [0.15, 0.2) is 36.4 Å². The van der Waals surface area contributed by atoms with Crippen LogP contribution in [0.5, 0.6) is 5.75 Å². The fraction of sp³-hybridized carbons (Fsp3) is 0.263. The first-order chi connectivity index (χ1) is 11.1. The van der Waals surface area contributed by atoms with Gasteiger partial charge in [0, 0.05) is 11.1 Å². The molecular formula is C19H18O4. The van der Waals surface area contributed by atoms with Gasteiger partial charge in [0.2, 0.25) is 0 Å². The van der Waals surface area contributed by atoms with Crippen LogP contribution in [0.1, 0.15) is 46.0 Å². The molecule has 118 valence electrons. The molecule has 4 nitrogen and oxygen atoms in total. The predicted molar refractivity (Wildman–Crippen MR) is 86.0 cm³/mol. The number of hydrogen-bond acceptors (Lipinski definition) is 3. The van der Waals surface area contributed by atoms with Crippen molar-refractivity contribution in [1.29, 1.82) is 0 Å². The third-order valence-electron chi connectivity index (χ3n) is 4.09. The van der Waals surface area contributed by atoms with Crippen LogP contribution in [0.4, 0.5) is 0 Å². The van der Waals surface area contributed by atoms with Gasteiger partial charge in [-0.1, -0.05) is 43.7 Å². The monoisotopic (exact) mass is 310 g/mol. The second-order valence-corrected chi connectivity index (χ2v) is 5.67. The predicted octanol–water partition coefficient (Wildman–Crippen LogP) is 3.39. The molecule has 23 heavy (non-hydrogen) atoms. The van der Waals surface area contributed by atoms with Crippen LogP contribution in [0.3, 0.4) is 0 Å². The van der Waals surface area contributed by atoms with E-state index in [0.29, 0.717) is 35.5 Å². The molecule has 1 aliphatic rings. The fourth-order valence-corrected chi connectivity index (χ4v) is 3.06. The third-order valence-corrected chi connectivity index (χ3v) is 4.09. The van der Waals surface area contributed by atoms with Crippen LogP contribution in [-0.4, -0.2) is 16.9 Å². The molecule has 0 bridgehead atoms. The molecule has 0 spiro atoms. The van der Waals surface area contributed by atoms with Gasteiger partial charge in [0.25, 0.3) is 0 Å². The topological polar surface area (TPSA) is 63.6 Å². The lowest BCUT2D eigenvalue weighted by atomic mass is 9.89. The molecular weight excluding hydrogens is 292 g/mol. The number of aliphatic carboxylic acids is 1. The van der Waals surface area contributed by atoms with E-state index < -0.39 is 5.97 Å². The number of rotatable bonds is 4. The normalized spacial score (nSPS) is 12.8. The van der Waals surface area contributed by atoms with Crippen molar-refractivity contribution in [2.75, 3.05) is 0 Å². The molecule has 0 saturated carbocycles. The first-order valence-corrected chi connectivity index (χ1v) is 7.73. The van der Waals surface area contributed by atoms with Crippen molar-refractivity contribution in [2.24, 2.45) is 0 Å². The first-order valence-electron chi connectivity index (χ1n) is 7.73. The highest BCUT2D eigenvalue weighted by atomic mass is 16.5. The van der Waals surface area contributed by atoms with Crippen molar-refractivity contribution in [2.45, 2.75) is 32.8 Å². The Morgan fingerprint density at radius 3 is 2.74 bits per heavy atom. The number of carbonyl (C=O) groups is 2. The molecule has 4 heteroatoms. The van der Waals surface area contributed by atoms with Crippen molar-refractivity contribution >= 4 is 11.8 Å². The maximum atomic E-state index is 13.0. The van der Waals surface area contributed by atoms with Gasteiger partial charge in [-0.3, -0.25) is 9.59 Å². The molecule has 0 atom stereocenters. The Morgan fingerprint density at radius 1 is 1.22 bits per heavy atom. The van der Waals surface area contributed by atoms with Crippen LogP contribution < -0.4 is 4.74 Å². The number of carbonyl (C=O) groups excluding carboxylic acids is 1. The molecule has 1 N–H and O–H groups in total. The van der Waals surface area contributed by atoms with Gasteiger partial charge in [0.1, 0.15) is 12.4 Å².